The highest BCUT2D eigenvalue weighted by Crippen LogP contribution is 2.18. The Bertz CT molecular complexity index is 435. The summed E-state index contributed by atoms with van der Waals surface area (Å²) in [7, 11) is 0. The van der Waals surface area contributed by atoms with Crippen molar-refractivity contribution in [2.45, 2.75) is 13.8 Å². The molecule has 2 heterocycles. The summed E-state index contributed by atoms with van der Waals surface area (Å²) in [5.74, 6) is 1.64. The van der Waals surface area contributed by atoms with Crippen LogP contribution in [0.4, 0.5) is 5.82 Å². The molecule has 1 aliphatic heterocycles. The molecule has 5 nitrogen and oxygen atoms in total. The molecule has 1 saturated heterocycles. The van der Waals surface area contributed by atoms with Crippen molar-refractivity contribution in [2.75, 3.05) is 37.6 Å². The van der Waals surface area contributed by atoms with Gasteiger partial charge in [0.05, 0.1) is 5.56 Å². The second kappa shape index (κ2) is 6.02. The maximum atomic E-state index is 7.63. The van der Waals surface area contributed by atoms with Crippen molar-refractivity contribution in [3.63, 3.8) is 0 Å². The van der Waals surface area contributed by atoms with Gasteiger partial charge in [0.25, 0.3) is 0 Å². The van der Waals surface area contributed by atoms with E-state index in [0.29, 0.717) is 5.92 Å². The SMILES string of the molecule is CC(C)CN1CCN(c2ncccc2C(=N)N)CC1. The van der Waals surface area contributed by atoms with Gasteiger partial charge in [0.15, 0.2) is 0 Å². The van der Waals surface area contributed by atoms with Crippen LogP contribution >= 0.6 is 0 Å². The van der Waals surface area contributed by atoms with E-state index >= 15 is 0 Å². The number of nitrogen functional groups attached to an aromatic ring is 1. The van der Waals surface area contributed by atoms with Gasteiger partial charge < -0.3 is 10.6 Å². The van der Waals surface area contributed by atoms with E-state index in [0.717, 1.165) is 44.1 Å². The van der Waals surface area contributed by atoms with Gasteiger partial charge in [0, 0.05) is 38.9 Å². The van der Waals surface area contributed by atoms with Gasteiger partial charge in [-0.3, -0.25) is 10.3 Å². The minimum Gasteiger partial charge on any atom is -0.384 e. The predicted octanol–water partition coefficient (Wildman–Crippen LogP) is 1.14. The molecule has 104 valence electrons. The zero-order valence-electron chi connectivity index (χ0n) is 11.8. The number of hydrogen-bond acceptors (Lipinski definition) is 4. The molecule has 3 N–H and O–H groups in total. The summed E-state index contributed by atoms with van der Waals surface area (Å²) in [6, 6.07) is 3.69. The summed E-state index contributed by atoms with van der Waals surface area (Å²) >= 11 is 0. The lowest BCUT2D eigenvalue weighted by atomic mass is 10.1. The first-order valence-electron chi connectivity index (χ1n) is 6.84. The number of hydrogen-bond donors (Lipinski definition) is 2. The Hall–Kier alpha value is -1.62. The summed E-state index contributed by atoms with van der Waals surface area (Å²) < 4.78 is 0. The number of nitrogens with zero attached hydrogens (tertiary/aromatic N) is 3. The van der Waals surface area contributed by atoms with E-state index in [2.05, 4.69) is 28.6 Å². The summed E-state index contributed by atoms with van der Waals surface area (Å²) in [6.45, 7) is 9.64. The number of nitrogens with one attached hydrogen (secondary N) is 1. The van der Waals surface area contributed by atoms with E-state index in [1.165, 1.54) is 0 Å². The van der Waals surface area contributed by atoms with E-state index in [-0.39, 0.29) is 5.84 Å². The van der Waals surface area contributed by atoms with Gasteiger partial charge >= 0.3 is 0 Å². The third-order valence-corrected chi connectivity index (χ3v) is 3.37. The highest BCUT2D eigenvalue weighted by Gasteiger charge is 2.20. The van der Waals surface area contributed by atoms with Crippen molar-refractivity contribution in [3.8, 4) is 0 Å². The Labute approximate surface area is 114 Å². The first-order chi connectivity index (χ1) is 9.08. The Kier molecular flexibility index (Phi) is 4.37. The van der Waals surface area contributed by atoms with Gasteiger partial charge in [0.1, 0.15) is 11.7 Å². The van der Waals surface area contributed by atoms with Crippen LogP contribution in [0.5, 0.6) is 0 Å². The van der Waals surface area contributed by atoms with Crippen LogP contribution in [0, 0.1) is 11.3 Å². The molecule has 5 heteroatoms. The zero-order chi connectivity index (χ0) is 13.8. The van der Waals surface area contributed by atoms with Gasteiger partial charge in [0.2, 0.25) is 0 Å². The van der Waals surface area contributed by atoms with Crippen molar-refractivity contribution < 1.29 is 0 Å². The fourth-order valence-electron chi connectivity index (χ4n) is 2.52. The lowest BCUT2D eigenvalue weighted by Gasteiger charge is -2.36. The molecule has 2 rings (SSSR count). The third-order valence-electron chi connectivity index (χ3n) is 3.37. The number of piperazine rings is 1. The first-order valence-corrected chi connectivity index (χ1v) is 6.84. The topological polar surface area (TPSA) is 69.2 Å². The van der Waals surface area contributed by atoms with Crippen molar-refractivity contribution in [1.29, 1.82) is 5.41 Å². The smallest absolute Gasteiger partial charge is 0.139 e. The van der Waals surface area contributed by atoms with Crippen LogP contribution < -0.4 is 10.6 Å². The number of rotatable bonds is 4. The predicted molar refractivity (Wildman–Crippen MR) is 78.7 cm³/mol. The molecule has 1 fully saturated rings. The highest BCUT2D eigenvalue weighted by atomic mass is 15.3. The first kappa shape index (κ1) is 13.8. The van der Waals surface area contributed by atoms with Crippen molar-refractivity contribution in [1.82, 2.24) is 9.88 Å². The summed E-state index contributed by atoms with van der Waals surface area (Å²) in [5.41, 5.74) is 6.36. The van der Waals surface area contributed by atoms with Gasteiger partial charge in [-0.1, -0.05) is 13.8 Å². The fraction of sp³-hybridized carbons (Fsp3) is 0.571. The van der Waals surface area contributed by atoms with E-state index in [1.54, 1.807) is 6.20 Å². The molecule has 1 aromatic heterocycles. The van der Waals surface area contributed by atoms with Crippen molar-refractivity contribution >= 4 is 11.7 Å². The highest BCUT2D eigenvalue weighted by molar-refractivity contribution is 5.99. The molecule has 0 saturated carbocycles. The number of pyridine rings is 1. The summed E-state index contributed by atoms with van der Waals surface area (Å²) in [5, 5.41) is 7.63. The van der Waals surface area contributed by atoms with Crippen molar-refractivity contribution in [2.24, 2.45) is 11.7 Å². The van der Waals surface area contributed by atoms with Gasteiger partial charge in [-0.2, -0.15) is 0 Å². The molecule has 0 bridgehead atoms. The number of aromatic nitrogens is 1. The van der Waals surface area contributed by atoms with E-state index in [4.69, 9.17) is 11.1 Å². The fourth-order valence-corrected chi connectivity index (χ4v) is 2.52. The summed E-state index contributed by atoms with van der Waals surface area (Å²) in [6.07, 6.45) is 1.77. The molecule has 0 unspecified atom stereocenters. The summed E-state index contributed by atoms with van der Waals surface area (Å²) in [4.78, 5) is 9.11. The van der Waals surface area contributed by atoms with Gasteiger partial charge in [-0.15, -0.1) is 0 Å². The molecule has 1 aliphatic rings. The molecule has 0 aliphatic carbocycles. The lowest BCUT2D eigenvalue weighted by Crippen LogP contribution is -2.48. The molecule has 0 amide bonds. The second-order valence-electron chi connectivity index (χ2n) is 5.47. The zero-order valence-corrected chi connectivity index (χ0v) is 11.8. The number of anilines is 1. The van der Waals surface area contributed by atoms with E-state index in [1.807, 2.05) is 12.1 Å². The second-order valence-corrected chi connectivity index (χ2v) is 5.47. The standard InChI is InChI=1S/C14H23N5/c1-11(2)10-18-6-8-19(9-7-18)14-12(13(15)16)4-3-5-17-14/h3-5,11H,6-10H2,1-2H3,(H3,15,16). The Morgan fingerprint density at radius 1 is 1.37 bits per heavy atom. The van der Waals surface area contributed by atoms with Gasteiger partial charge in [-0.05, 0) is 18.1 Å². The number of amidine groups is 1. The molecule has 19 heavy (non-hydrogen) atoms. The Morgan fingerprint density at radius 3 is 2.63 bits per heavy atom. The maximum absolute atomic E-state index is 7.63. The van der Waals surface area contributed by atoms with Crippen LogP contribution in [0.15, 0.2) is 18.3 Å². The average molecular weight is 261 g/mol. The van der Waals surface area contributed by atoms with Crippen LogP contribution in [0.25, 0.3) is 0 Å². The van der Waals surface area contributed by atoms with Crippen LogP contribution in [0.1, 0.15) is 19.4 Å². The minimum atomic E-state index is 0.0905. The monoisotopic (exact) mass is 261 g/mol. The van der Waals surface area contributed by atoms with E-state index in [9.17, 15) is 0 Å². The molecular weight excluding hydrogens is 238 g/mol. The Morgan fingerprint density at radius 2 is 2.05 bits per heavy atom. The normalized spacial score (nSPS) is 16.9. The van der Waals surface area contributed by atoms with Crippen molar-refractivity contribution in [3.05, 3.63) is 23.9 Å². The molecule has 0 radical (unpaired) electrons. The number of nitrogens with two attached hydrogens (primary N) is 1. The molecular formula is C14H23N5. The molecule has 0 atom stereocenters. The average Bonchev–Trinajstić information content (AvgIpc) is 2.39. The quantitative estimate of drug-likeness (QED) is 0.630. The van der Waals surface area contributed by atoms with Crippen LogP contribution in [0.2, 0.25) is 0 Å². The lowest BCUT2D eigenvalue weighted by molar-refractivity contribution is 0.231. The molecule has 0 aromatic carbocycles. The maximum Gasteiger partial charge on any atom is 0.139 e. The minimum absolute atomic E-state index is 0.0905. The van der Waals surface area contributed by atoms with E-state index < -0.39 is 0 Å². The van der Waals surface area contributed by atoms with Crippen LogP contribution in [0.3, 0.4) is 0 Å². The molecule has 1 aromatic rings. The van der Waals surface area contributed by atoms with Gasteiger partial charge in [-0.25, -0.2) is 4.98 Å². The largest absolute Gasteiger partial charge is 0.384 e. The third kappa shape index (κ3) is 3.44. The van der Waals surface area contributed by atoms with Crippen LogP contribution in [-0.4, -0.2) is 48.4 Å². The molecule has 0 spiro atoms. The Balaban J connectivity index is 2.04. The van der Waals surface area contributed by atoms with Crippen LogP contribution in [-0.2, 0) is 0 Å².